The summed E-state index contributed by atoms with van der Waals surface area (Å²) >= 11 is 0. The third-order valence-electron chi connectivity index (χ3n) is 3.43. The Kier molecular flexibility index (Phi) is 3.48. The van der Waals surface area contributed by atoms with Gasteiger partial charge in [0.25, 0.3) is 0 Å². The van der Waals surface area contributed by atoms with Crippen LogP contribution < -0.4 is 0 Å². The van der Waals surface area contributed by atoms with E-state index in [1.807, 2.05) is 32.0 Å². The highest BCUT2D eigenvalue weighted by atomic mass is 16.5. The van der Waals surface area contributed by atoms with Crippen LogP contribution in [0.3, 0.4) is 0 Å². The molecule has 92 valence electrons. The number of carbonyl (C=O) groups is 1. The Bertz CT molecular complexity index is 414. The van der Waals surface area contributed by atoms with Crippen molar-refractivity contribution < 1.29 is 14.6 Å². The van der Waals surface area contributed by atoms with Crippen LogP contribution in [0.4, 0.5) is 0 Å². The molecule has 0 bridgehead atoms. The number of aryl methyl sites for hydroxylation is 1. The first-order valence-corrected chi connectivity index (χ1v) is 6.01. The zero-order chi connectivity index (χ0) is 12.4. The van der Waals surface area contributed by atoms with Crippen LogP contribution in [0.25, 0.3) is 0 Å². The molecule has 1 fully saturated rings. The van der Waals surface area contributed by atoms with E-state index in [0.717, 1.165) is 0 Å². The fourth-order valence-electron chi connectivity index (χ4n) is 2.41. The second-order valence-corrected chi connectivity index (χ2v) is 4.77. The highest BCUT2D eigenvalue weighted by molar-refractivity contribution is 5.71. The summed E-state index contributed by atoms with van der Waals surface area (Å²) in [5.41, 5.74) is 2.37. The van der Waals surface area contributed by atoms with E-state index in [-0.39, 0.29) is 24.4 Å². The van der Waals surface area contributed by atoms with E-state index < -0.39 is 6.10 Å². The van der Waals surface area contributed by atoms with Crippen molar-refractivity contribution in [2.75, 3.05) is 0 Å². The molecule has 1 aromatic rings. The summed E-state index contributed by atoms with van der Waals surface area (Å²) < 4.78 is 5.33. The minimum Gasteiger partial charge on any atom is -0.462 e. The van der Waals surface area contributed by atoms with Gasteiger partial charge in [-0.25, -0.2) is 0 Å². The number of aliphatic hydroxyl groups is 1. The fourth-order valence-corrected chi connectivity index (χ4v) is 2.41. The first-order valence-electron chi connectivity index (χ1n) is 6.01. The number of ether oxygens (including phenoxy) is 1. The highest BCUT2D eigenvalue weighted by Gasteiger charge is 2.32. The summed E-state index contributed by atoms with van der Waals surface area (Å²) in [7, 11) is 0. The summed E-state index contributed by atoms with van der Waals surface area (Å²) in [6.07, 6.45) is -0.127. The first-order chi connectivity index (χ1) is 8.08. The Hall–Kier alpha value is -1.35. The quantitative estimate of drug-likeness (QED) is 0.798. The monoisotopic (exact) mass is 234 g/mol. The van der Waals surface area contributed by atoms with Crippen LogP contribution in [0.2, 0.25) is 0 Å². The lowest BCUT2D eigenvalue weighted by atomic mass is 9.87. The Morgan fingerprint density at radius 2 is 2.12 bits per heavy atom. The first kappa shape index (κ1) is 12.1. The molecule has 2 rings (SSSR count). The van der Waals surface area contributed by atoms with Gasteiger partial charge in [-0.2, -0.15) is 0 Å². The van der Waals surface area contributed by atoms with Crippen molar-refractivity contribution in [3.05, 3.63) is 35.4 Å². The lowest BCUT2D eigenvalue weighted by molar-refractivity contribution is -0.161. The smallest absolute Gasteiger partial charge is 0.308 e. The SMILES string of the molecule is Cc1ccccc1C(C)C1CC(O)CC(=O)O1. The van der Waals surface area contributed by atoms with Gasteiger partial charge in [0, 0.05) is 12.3 Å². The number of aliphatic hydroxyl groups excluding tert-OH is 1. The molecule has 3 unspecified atom stereocenters. The van der Waals surface area contributed by atoms with Gasteiger partial charge >= 0.3 is 5.97 Å². The van der Waals surface area contributed by atoms with Crippen molar-refractivity contribution >= 4 is 5.97 Å². The molecule has 1 heterocycles. The largest absolute Gasteiger partial charge is 0.462 e. The summed E-state index contributed by atoms with van der Waals surface area (Å²) in [4.78, 5) is 11.3. The van der Waals surface area contributed by atoms with E-state index in [0.29, 0.717) is 6.42 Å². The maximum Gasteiger partial charge on any atom is 0.308 e. The zero-order valence-electron chi connectivity index (χ0n) is 10.2. The number of carbonyl (C=O) groups excluding carboxylic acids is 1. The number of hydrogen-bond acceptors (Lipinski definition) is 3. The Labute approximate surface area is 101 Å². The van der Waals surface area contributed by atoms with Gasteiger partial charge in [-0.05, 0) is 18.1 Å². The third-order valence-corrected chi connectivity index (χ3v) is 3.43. The van der Waals surface area contributed by atoms with E-state index in [4.69, 9.17) is 4.74 Å². The van der Waals surface area contributed by atoms with E-state index in [1.54, 1.807) is 0 Å². The van der Waals surface area contributed by atoms with Gasteiger partial charge in [-0.15, -0.1) is 0 Å². The normalized spacial score (nSPS) is 26.4. The molecule has 0 spiro atoms. The van der Waals surface area contributed by atoms with Crippen LogP contribution in [0, 0.1) is 6.92 Å². The second kappa shape index (κ2) is 4.88. The van der Waals surface area contributed by atoms with Crippen LogP contribution in [-0.2, 0) is 9.53 Å². The number of benzene rings is 1. The minimum atomic E-state index is -0.562. The number of esters is 1. The molecule has 0 aliphatic carbocycles. The van der Waals surface area contributed by atoms with Gasteiger partial charge in [0.05, 0.1) is 12.5 Å². The molecule has 3 nitrogen and oxygen atoms in total. The van der Waals surface area contributed by atoms with Crippen LogP contribution >= 0.6 is 0 Å². The van der Waals surface area contributed by atoms with Gasteiger partial charge in [-0.3, -0.25) is 4.79 Å². The van der Waals surface area contributed by atoms with E-state index >= 15 is 0 Å². The lowest BCUT2D eigenvalue weighted by Crippen LogP contribution is -2.35. The summed E-state index contributed by atoms with van der Waals surface area (Å²) in [5.74, 6) is -0.177. The third kappa shape index (κ3) is 2.67. The van der Waals surface area contributed by atoms with Crippen molar-refractivity contribution in [1.29, 1.82) is 0 Å². The average Bonchev–Trinajstić information content (AvgIpc) is 2.27. The minimum absolute atomic E-state index is 0.120. The van der Waals surface area contributed by atoms with Gasteiger partial charge in [0.15, 0.2) is 0 Å². The maximum atomic E-state index is 11.3. The Morgan fingerprint density at radius 3 is 2.76 bits per heavy atom. The number of cyclic esters (lactones) is 1. The molecule has 17 heavy (non-hydrogen) atoms. The molecule has 1 aliphatic rings. The van der Waals surface area contributed by atoms with Gasteiger partial charge < -0.3 is 9.84 Å². The van der Waals surface area contributed by atoms with Gasteiger partial charge in [0.2, 0.25) is 0 Å². The summed E-state index contributed by atoms with van der Waals surface area (Å²) in [6.45, 7) is 4.09. The molecule has 3 atom stereocenters. The van der Waals surface area contributed by atoms with Crippen molar-refractivity contribution in [3.8, 4) is 0 Å². The molecule has 0 amide bonds. The van der Waals surface area contributed by atoms with Crippen LogP contribution in [0.15, 0.2) is 24.3 Å². The predicted molar refractivity (Wildman–Crippen MR) is 64.7 cm³/mol. The topological polar surface area (TPSA) is 46.5 Å². The van der Waals surface area contributed by atoms with Crippen molar-refractivity contribution in [1.82, 2.24) is 0 Å². The van der Waals surface area contributed by atoms with Gasteiger partial charge in [0.1, 0.15) is 6.10 Å². The molecule has 0 saturated carbocycles. The molecule has 3 heteroatoms. The Morgan fingerprint density at radius 1 is 1.41 bits per heavy atom. The van der Waals surface area contributed by atoms with Gasteiger partial charge in [-0.1, -0.05) is 31.2 Å². The van der Waals surface area contributed by atoms with Crippen molar-refractivity contribution in [2.24, 2.45) is 0 Å². The summed E-state index contributed by atoms with van der Waals surface area (Å²) in [5, 5.41) is 9.61. The zero-order valence-corrected chi connectivity index (χ0v) is 10.2. The molecule has 1 aromatic carbocycles. The van der Waals surface area contributed by atoms with Crippen LogP contribution in [-0.4, -0.2) is 23.3 Å². The molecule has 0 aromatic heterocycles. The lowest BCUT2D eigenvalue weighted by Gasteiger charge is -2.31. The average molecular weight is 234 g/mol. The summed E-state index contributed by atoms with van der Waals surface area (Å²) in [6, 6.07) is 8.08. The van der Waals surface area contributed by atoms with Crippen molar-refractivity contribution in [3.63, 3.8) is 0 Å². The van der Waals surface area contributed by atoms with Crippen LogP contribution in [0.1, 0.15) is 36.8 Å². The van der Waals surface area contributed by atoms with E-state index in [2.05, 4.69) is 6.07 Å². The Balaban J connectivity index is 2.17. The number of hydrogen-bond donors (Lipinski definition) is 1. The van der Waals surface area contributed by atoms with E-state index in [9.17, 15) is 9.90 Å². The molecular weight excluding hydrogens is 216 g/mol. The fraction of sp³-hybridized carbons (Fsp3) is 0.500. The van der Waals surface area contributed by atoms with E-state index in [1.165, 1.54) is 11.1 Å². The van der Waals surface area contributed by atoms with Crippen LogP contribution in [0.5, 0.6) is 0 Å². The molecule has 0 radical (unpaired) electrons. The standard InChI is InChI=1S/C14H18O3/c1-9-5-3-4-6-12(9)10(2)13-7-11(15)8-14(16)17-13/h3-6,10-11,13,15H,7-8H2,1-2H3. The predicted octanol–water partition coefficient (Wildman–Crippen LogP) is 2.17. The molecule has 1 N–H and O–H groups in total. The molecule has 1 aliphatic heterocycles. The second-order valence-electron chi connectivity index (χ2n) is 4.77. The highest BCUT2D eigenvalue weighted by Crippen LogP contribution is 2.30. The molecular formula is C14H18O3. The maximum absolute atomic E-state index is 11.3. The number of rotatable bonds is 2. The van der Waals surface area contributed by atoms with Crippen molar-refractivity contribution in [2.45, 2.75) is 44.8 Å². The molecule has 1 saturated heterocycles.